The number of hydrogen-bond acceptors (Lipinski definition) is 4. The van der Waals surface area contributed by atoms with E-state index in [1.165, 1.54) is 35.7 Å². The van der Waals surface area contributed by atoms with Crippen LogP contribution < -0.4 is 5.32 Å². The van der Waals surface area contributed by atoms with Gasteiger partial charge in [0, 0.05) is 24.0 Å². The first-order chi connectivity index (χ1) is 13.1. The third-order valence-corrected chi connectivity index (χ3v) is 6.21. The Morgan fingerprint density at radius 2 is 2.04 bits per heavy atom. The molecule has 2 heterocycles. The second kappa shape index (κ2) is 7.72. The van der Waals surface area contributed by atoms with Gasteiger partial charge in [0.25, 0.3) is 0 Å². The molecule has 140 valence electrons. The zero-order valence-corrected chi connectivity index (χ0v) is 16.6. The van der Waals surface area contributed by atoms with Crippen LogP contribution in [0.1, 0.15) is 36.8 Å². The number of amides is 1. The fourth-order valence-electron chi connectivity index (χ4n) is 3.52. The number of aromatic nitrogens is 3. The summed E-state index contributed by atoms with van der Waals surface area (Å²) in [5, 5.41) is 8.65. The van der Waals surface area contributed by atoms with E-state index in [0.717, 1.165) is 34.6 Å². The summed E-state index contributed by atoms with van der Waals surface area (Å²) in [5.74, 6) is 0.470. The van der Waals surface area contributed by atoms with Crippen molar-refractivity contribution in [1.29, 1.82) is 0 Å². The predicted molar refractivity (Wildman–Crippen MR) is 109 cm³/mol. The van der Waals surface area contributed by atoms with Gasteiger partial charge in [0.15, 0.2) is 0 Å². The molecule has 0 bridgehead atoms. The van der Waals surface area contributed by atoms with E-state index in [-0.39, 0.29) is 5.91 Å². The molecule has 3 aromatic rings. The van der Waals surface area contributed by atoms with Crippen molar-refractivity contribution >= 4 is 23.2 Å². The molecule has 1 saturated carbocycles. The van der Waals surface area contributed by atoms with Crippen molar-refractivity contribution in [2.45, 2.75) is 50.6 Å². The maximum atomic E-state index is 12.2. The van der Waals surface area contributed by atoms with Crippen molar-refractivity contribution in [2.24, 2.45) is 0 Å². The maximum Gasteiger partial charge on any atom is 0.230 e. The van der Waals surface area contributed by atoms with Crippen LogP contribution in [0.15, 0.2) is 41.7 Å². The Kier molecular flexibility index (Phi) is 5.16. The first-order valence-electron chi connectivity index (χ1n) is 9.44. The highest BCUT2D eigenvalue weighted by Gasteiger charge is 2.18. The van der Waals surface area contributed by atoms with Crippen molar-refractivity contribution in [2.75, 3.05) is 5.75 Å². The molecule has 1 fully saturated rings. The van der Waals surface area contributed by atoms with Crippen molar-refractivity contribution in [3.8, 4) is 11.3 Å². The molecular formula is C21H24N4OS. The lowest BCUT2D eigenvalue weighted by Crippen LogP contribution is -2.33. The van der Waals surface area contributed by atoms with Crippen LogP contribution in [0.3, 0.4) is 0 Å². The smallest absolute Gasteiger partial charge is 0.230 e. The summed E-state index contributed by atoms with van der Waals surface area (Å²) in [4.78, 5) is 16.7. The van der Waals surface area contributed by atoms with Gasteiger partial charge in [0.1, 0.15) is 5.03 Å². The maximum absolute atomic E-state index is 12.2. The zero-order chi connectivity index (χ0) is 18.8. The first-order valence-corrected chi connectivity index (χ1v) is 10.4. The molecule has 0 saturated heterocycles. The number of hydrogen-bond donors (Lipinski definition) is 1. The number of benzene rings is 1. The van der Waals surface area contributed by atoms with Gasteiger partial charge in [-0.25, -0.2) is 9.50 Å². The van der Waals surface area contributed by atoms with Gasteiger partial charge in [-0.05, 0) is 49.9 Å². The van der Waals surface area contributed by atoms with Gasteiger partial charge in [-0.1, -0.05) is 36.7 Å². The topological polar surface area (TPSA) is 59.3 Å². The second-order valence-electron chi connectivity index (χ2n) is 7.23. The average Bonchev–Trinajstić information content (AvgIpc) is 3.31. The molecule has 5 nitrogen and oxygen atoms in total. The van der Waals surface area contributed by atoms with Gasteiger partial charge in [-0.2, -0.15) is 5.10 Å². The third kappa shape index (κ3) is 4.00. The molecule has 0 aliphatic heterocycles. The fourth-order valence-corrected chi connectivity index (χ4v) is 4.31. The fraction of sp³-hybridized carbons (Fsp3) is 0.381. The van der Waals surface area contributed by atoms with Crippen LogP contribution in [0.4, 0.5) is 0 Å². The van der Waals surface area contributed by atoms with E-state index in [1.54, 1.807) is 6.20 Å². The molecule has 1 N–H and O–H groups in total. The molecule has 1 aromatic carbocycles. The lowest BCUT2D eigenvalue weighted by Gasteiger charge is -2.11. The van der Waals surface area contributed by atoms with Gasteiger partial charge in [-0.3, -0.25) is 4.79 Å². The van der Waals surface area contributed by atoms with E-state index < -0.39 is 0 Å². The monoisotopic (exact) mass is 380 g/mol. The Balaban J connectivity index is 1.52. The highest BCUT2D eigenvalue weighted by Crippen LogP contribution is 2.27. The summed E-state index contributed by atoms with van der Waals surface area (Å²) in [5.41, 5.74) is 5.47. The molecule has 27 heavy (non-hydrogen) atoms. The van der Waals surface area contributed by atoms with Crippen molar-refractivity contribution in [3.63, 3.8) is 0 Å². The average molecular weight is 381 g/mol. The number of carbonyl (C=O) groups excluding carboxylic acids is 1. The zero-order valence-electron chi connectivity index (χ0n) is 15.7. The van der Waals surface area contributed by atoms with Crippen LogP contribution >= 0.6 is 11.8 Å². The minimum Gasteiger partial charge on any atom is -0.353 e. The molecule has 1 aliphatic carbocycles. The minimum atomic E-state index is 0.0876. The van der Waals surface area contributed by atoms with Crippen LogP contribution in [0, 0.1) is 13.8 Å². The van der Waals surface area contributed by atoms with E-state index in [1.807, 2.05) is 16.8 Å². The number of aryl methyl sites for hydroxylation is 2. The van der Waals surface area contributed by atoms with Crippen LogP contribution in [0.5, 0.6) is 0 Å². The lowest BCUT2D eigenvalue weighted by atomic mass is 10.0. The van der Waals surface area contributed by atoms with E-state index in [0.29, 0.717) is 11.8 Å². The van der Waals surface area contributed by atoms with E-state index >= 15 is 0 Å². The van der Waals surface area contributed by atoms with Gasteiger partial charge in [0.05, 0.1) is 17.0 Å². The molecule has 0 unspecified atom stereocenters. The van der Waals surface area contributed by atoms with Gasteiger partial charge in [-0.15, -0.1) is 0 Å². The minimum absolute atomic E-state index is 0.0876. The van der Waals surface area contributed by atoms with Crippen molar-refractivity contribution in [3.05, 3.63) is 47.8 Å². The van der Waals surface area contributed by atoms with Crippen LogP contribution in [0.2, 0.25) is 0 Å². The third-order valence-electron chi connectivity index (χ3n) is 5.22. The molecule has 2 aromatic heterocycles. The standard InChI is InChI=1S/C21H24N4OS/c1-14-7-8-16(11-15(14)2)18-12-19-21(22-9-10-25(19)24-18)27-13-20(26)23-17-5-3-4-6-17/h7-12,17H,3-6,13H2,1-2H3,(H,23,26). The Hall–Kier alpha value is -2.34. The Bertz CT molecular complexity index is 975. The number of nitrogens with zero attached hydrogens (tertiary/aromatic N) is 3. The first kappa shape index (κ1) is 18.0. The number of fused-ring (bicyclic) bond motifs is 1. The highest BCUT2D eigenvalue weighted by atomic mass is 32.2. The quantitative estimate of drug-likeness (QED) is 0.675. The normalized spacial score (nSPS) is 14.7. The summed E-state index contributed by atoms with van der Waals surface area (Å²) >= 11 is 1.47. The number of nitrogens with one attached hydrogen (secondary N) is 1. The Morgan fingerprint density at radius 1 is 1.22 bits per heavy atom. The van der Waals surface area contributed by atoms with Gasteiger partial charge in [0.2, 0.25) is 5.91 Å². The van der Waals surface area contributed by atoms with Gasteiger partial charge < -0.3 is 5.32 Å². The van der Waals surface area contributed by atoms with Crippen LogP contribution in [-0.2, 0) is 4.79 Å². The summed E-state index contributed by atoms with van der Waals surface area (Å²) in [6, 6.07) is 8.78. The van der Waals surface area contributed by atoms with E-state index in [2.05, 4.69) is 47.4 Å². The molecule has 0 spiro atoms. The summed E-state index contributed by atoms with van der Waals surface area (Å²) in [6.45, 7) is 4.22. The molecule has 1 amide bonds. The van der Waals surface area contributed by atoms with E-state index in [4.69, 9.17) is 0 Å². The number of thioether (sulfide) groups is 1. The molecule has 0 radical (unpaired) electrons. The predicted octanol–water partition coefficient (Wildman–Crippen LogP) is 4.16. The van der Waals surface area contributed by atoms with E-state index in [9.17, 15) is 4.79 Å². The SMILES string of the molecule is Cc1ccc(-c2cc3c(SCC(=O)NC4CCCC4)nccn3n2)cc1C. The molecular weight excluding hydrogens is 356 g/mol. The highest BCUT2D eigenvalue weighted by molar-refractivity contribution is 8.00. The Labute approximate surface area is 163 Å². The van der Waals surface area contributed by atoms with Crippen LogP contribution in [-0.4, -0.2) is 32.3 Å². The number of carbonyl (C=O) groups is 1. The molecule has 4 rings (SSSR count). The second-order valence-corrected chi connectivity index (χ2v) is 8.19. The summed E-state index contributed by atoms with van der Waals surface area (Å²) in [6.07, 6.45) is 8.23. The van der Waals surface area contributed by atoms with Gasteiger partial charge >= 0.3 is 0 Å². The molecule has 1 aliphatic rings. The van der Waals surface area contributed by atoms with Crippen LogP contribution in [0.25, 0.3) is 16.8 Å². The summed E-state index contributed by atoms with van der Waals surface area (Å²) in [7, 11) is 0. The largest absolute Gasteiger partial charge is 0.353 e. The Morgan fingerprint density at radius 3 is 2.81 bits per heavy atom. The number of rotatable bonds is 5. The molecule has 6 heteroatoms. The van der Waals surface area contributed by atoms with Crippen molar-refractivity contribution < 1.29 is 4.79 Å². The lowest BCUT2D eigenvalue weighted by molar-refractivity contribution is -0.119. The summed E-state index contributed by atoms with van der Waals surface area (Å²) < 4.78 is 1.84. The van der Waals surface area contributed by atoms with Crippen molar-refractivity contribution in [1.82, 2.24) is 19.9 Å². The molecule has 0 atom stereocenters.